The molecule has 1 aromatic heterocycles. The number of carbonyl (C=O) groups is 2. The molecule has 12 heteroatoms. The van der Waals surface area contributed by atoms with Crippen molar-refractivity contribution < 1.29 is 27.5 Å². The summed E-state index contributed by atoms with van der Waals surface area (Å²) in [6, 6.07) is 11.1. The second kappa shape index (κ2) is 11.6. The first-order valence-corrected chi connectivity index (χ1v) is 16.3. The number of hydrogen-bond acceptors (Lipinski definition) is 9. The summed E-state index contributed by atoms with van der Waals surface area (Å²) in [5.74, 6) is -0.382. The molecule has 0 radical (unpaired) electrons. The molecule has 2 heterocycles. The number of fused-ring (bicyclic) bond motifs is 2. The molecule has 1 saturated heterocycles. The second-order valence-electron chi connectivity index (χ2n) is 12.1. The standard InChI is InChI=1S/C30H38N4O6S2/c1-29(2,3)40-27(35)18-30(16-20-8-6-7-9-21(20)17-30)28(36)31-19-26-32-22-14-25(23(39-5)15-24(22)41-26)42(37,38)34-12-10-33(4)11-13-34/h6-9,14-15H,10-13,16-19H2,1-5H3,(H,31,36). The van der Waals surface area contributed by atoms with Crippen LogP contribution in [0.15, 0.2) is 41.3 Å². The predicted molar refractivity (Wildman–Crippen MR) is 161 cm³/mol. The Balaban J connectivity index is 1.36. The summed E-state index contributed by atoms with van der Waals surface area (Å²) >= 11 is 1.36. The lowest BCUT2D eigenvalue weighted by Crippen LogP contribution is -2.47. The van der Waals surface area contributed by atoms with E-state index in [1.54, 1.807) is 12.1 Å². The lowest BCUT2D eigenvalue weighted by Gasteiger charge is -2.31. The van der Waals surface area contributed by atoms with Crippen LogP contribution in [0.2, 0.25) is 0 Å². The number of nitrogens with zero attached hydrogens (tertiary/aromatic N) is 3. The molecule has 42 heavy (non-hydrogen) atoms. The third kappa shape index (κ3) is 6.31. The van der Waals surface area contributed by atoms with E-state index in [2.05, 4.69) is 15.2 Å². The number of carbonyl (C=O) groups excluding carboxylic acids is 2. The molecule has 2 aromatic carbocycles. The summed E-state index contributed by atoms with van der Waals surface area (Å²) in [5, 5.41) is 3.64. The molecule has 0 spiro atoms. The molecule has 0 unspecified atom stereocenters. The number of amides is 1. The summed E-state index contributed by atoms with van der Waals surface area (Å²) in [7, 11) is -0.350. The van der Waals surface area contributed by atoms with E-state index >= 15 is 0 Å². The topological polar surface area (TPSA) is 118 Å². The van der Waals surface area contributed by atoms with E-state index in [0.717, 1.165) is 15.8 Å². The number of piperazine rings is 1. The largest absolute Gasteiger partial charge is 0.495 e. The molecule has 3 aromatic rings. The number of benzene rings is 2. The average Bonchev–Trinajstić information content (AvgIpc) is 3.50. The number of rotatable bonds is 8. The van der Waals surface area contributed by atoms with Gasteiger partial charge in [0, 0.05) is 32.2 Å². The number of thiazole rings is 1. The van der Waals surface area contributed by atoms with Crippen molar-refractivity contribution in [2.75, 3.05) is 40.3 Å². The number of esters is 1. The first kappa shape index (κ1) is 30.4. The van der Waals surface area contributed by atoms with Gasteiger partial charge in [-0.05, 0) is 57.9 Å². The fourth-order valence-electron chi connectivity index (χ4n) is 5.65. The van der Waals surface area contributed by atoms with Crippen molar-refractivity contribution in [1.29, 1.82) is 0 Å². The van der Waals surface area contributed by atoms with Gasteiger partial charge in [-0.25, -0.2) is 13.4 Å². The Labute approximate surface area is 251 Å². The molecule has 5 rings (SSSR count). The van der Waals surface area contributed by atoms with E-state index in [1.165, 1.54) is 22.8 Å². The fourth-order valence-corrected chi connectivity index (χ4v) is 8.14. The summed E-state index contributed by atoms with van der Waals surface area (Å²) in [4.78, 5) is 33.5. The first-order chi connectivity index (χ1) is 19.8. The van der Waals surface area contributed by atoms with E-state index in [0.29, 0.717) is 49.5 Å². The van der Waals surface area contributed by atoms with Crippen molar-refractivity contribution in [3.8, 4) is 5.75 Å². The van der Waals surface area contributed by atoms with Gasteiger partial charge in [0.1, 0.15) is 21.3 Å². The van der Waals surface area contributed by atoms with E-state index in [4.69, 9.17) is 9.47 Å². The van der Waals surface area contributed by atoms with Crippen LogP contribution in [0.5, 0.6) is 5.75 Å². The van der Waals surface area contributed by atoms with Crippen molar-refractivity contribution in [2.45, 2.75) is 57.1 Å². The number of sulfonamides is 1. The maximum atomic E-state index is 13.8. The van der Waals surface area contributed by atoms with E-state index in [-0.39, 0.29) is 29.5 Å². The van der Waals surface area contributed by atoms with Crippen LogP contribution in [0.4, 0.5) is 0 Å². The molecule has 1 amide bonds. The van der Waals surface area contributed by atoms with Gasteiger partial charge in [-0.2, -0.15) is 4.31 Å². The molecule has 1 N–H and O–H groups in total. The van der Waals surface area contributed by atoms with Gasteiger partial charge in [0.05, 0.1) is 35.7 Å². The van der Waals surface area contributed by atoms with Crippen LogP contribution in [-0.4, -0.2) is 80.4 Å². The first-order valence-electron chi connectivity index (χ1n) is 14.0. The van der Waals surface area contributed by atoms with Crippen molar-refractivity contribution in [3.63, 3.8) is 0 Å². The van der Waals surface area contributed by atoms with E-state index in [9.17, 15) is 18.0 Å². The maximum absolute atomic E-state index is 13.8. The Morgan fingerprint density at radius 2 is 1.71 bits per heavy atom. The van der Waals surface area contributed by atoms with Gasteiger partial charge in [0.15, 0.2) is 0 Å². The summed E-state index contributed by atoms with van der Waals surface area (Å²) < 4.78 is 40.3. The molecule has 1 aliphatic heterocycles. The zero-order valence-electron chi connectivity index (χ0n) is 24.7. The van der Waals surface area contributed by atoms with Crippen LogP contribution in [0.3, 0.4) is 0 Å². The minimum atomic E-state index is -3.77. The quantitative estimate of drug-likeness (QED) is 0.384. The van der Waals surface area contributed by atoms with Crippen LogP contribution in [0.25, 0.3) is 10.2 Å². The zero-order valence-corrected chi connectivity index (χ0v) is 26.4. The summed E-state index contributed by atoms with van der Waals surface area (Å²) in [5.41, 5.74) is 1.01. The fraction of sp³-hybridized carbons (Fsp3) is 0.500. The highest BCUT2D eigenvalue weighted by molar-refractivity contribution is 7.89. The number of methoxy groups -OCH3 is 1. The Morgan fingerprint density at radius 1 is 1.07 bits per heavy atom. The van der Waals surface area contributed by atoms with Crippen molar-refractivity contribution >= 4 is 43.5 Å². The van der Waals surface area contributed by atoms with Gasteiger partial charge in [-0.1, -0.05) is 24.3 Å². The third-order valence-corrected chi connectivity index (χ3v) is 10.7. The molecule has 10 nitrogen and oxygen atoms in total. The van der Waals surface area contributed by atoms with E-state index < -0.39 is 27.0 Å². The van der Waals surface area contributed by atoms with Crippen LogP contribution < -0.4 is 10.1 Å². The zero-order chi connectivity index (χ0) is 30.3. The molecule has 226 valence electrons. The SMILES string of the molecule is COc1cc2sc(CNC(=O)C3(CC(=O)OC(C)(C)C)Cc4ccccc4C3)nc2cc1S(=O)(=O)N1CCN(C)CC1. The molecule has 1 fully saturated rings. The number of ether oxygens (including phenoxy) is 2. The lowest BCUT2D eigenvalue weighted by molar-refractivity contribution is -0.160. The van der Waals surface area contributed by atoms with Crippen molar-refractivity contribution in [2.24, 2.45) is 5.41 Å². The molecule has 0 bridgehead atoms. The molecule has 0 saturated carbocycles. The molecular formula is C30H38N4O6S2. The Morgan fingerprint density at radius 3 is 2.31 bits per heavy atom. The van der Waals surface area contributed by atoms with Crippen molar-refractivity contribution in [1.82, 2.24) is 19.5 Å². The third-order valence-electron chi connectivity index (χ3n) is 7.76. The van der Waals surface area contributed by atoms with Gasteiger partial charge in [-0.15, -0.1) is 11.3 Å². The Hall–Kier alpha value is -3.06. The molecule has 0 atom stereocenters. The highest BCUT2D eigenvalue weighted by Crippen LogP contribution is 2.41. The van der Waals surface area contributed by atoms with Gasteiger partial charge in [0.25, 0.3) is 0 Å². The Kier molecular flexibility index (Phi) is 8.36. The number of hydrogen-bond donors (Lipinski definition) is 1. The average molecular weight is 615 g/mol. The summed E-state index contributed by atoms with van der Waals surface area (Å²) in [6.07, 6.45) is 0.854. The smallest absolute Gasteiger partial charge is 0.307 e. The van der Waals surface area contributed by atoms with Gasteiger partial charge in [0.2, 0.25) is 15.9 Å². The van der Waals surface area contributed by atoms with Crippen LogP contribution in [0, 0.1) is 5.41 Å². The molecule has 2 aliphatic rings. The predicted octanol–water partition coefficient (Wildman–Crippen LogP) is 3.37. The van der Waals surface area contributed by atoms with Crippen molar-refractivity contribution in [3.05, 3.63) is 52.5 Å². The normalized spacial score (nSPS) is 17.6. The number of nitrogens with one attached hydrogen (secondary N) is 1. The molecule has 1 aliphatic carbocycles. The molecular weight excluding hydrogens is 576 g/mol. The Bertz CT molecular complexity index is 1580. The second-order valence-corrected chi connectivity index (χ2v) is 15.2. The van der Waals surface area contributed by atoms with Gasteiger partial charge in [-0.3, -0.25) is 9.59 Å². The van der Waals surface area contributed by atoms with Gasteiger partial charge < -0.3 is 19.7 Å². The van der Waals surface area contributed by atoms with E-state index in [1.807, 2.05) is 52.1 Å². The highest BCUT2D eigenvalue weighted by Gasteiger charge is 2.46. The van der Waals surface area contributed by atoms with Crippen LogP contribution >= 0.6 is 11.3 Å². The number of likely N-dealkylation sites (N-methyl/N-ethyl adjacent to an activating group) is 1. The minimum Gasteiger partial charge on any atom is -0.495 e. The minimum absolute atomic E-state index is 0.0324. The monoisotopic (exact) mass is 614 g/mol. The van der Waals surface area contributed by atoms with Gasteiger partial charge >= 0.3 is 5.97 Å². The number of aromatic nitrogens is 1. The van der Waals surface area contributed by atoms with Crippen LogP contribution in [0.1, 0.15) is 43.3 Å². The lowest BCUT2D eigenvalue weighted by atomic mass is 9.80. The summed E-state index contributed by atoms with van der Waals surface area (Å²) in [6.45, 7) is 7.70. The highest BCUT2D eigenvalue weighted by atomic mass is 32.2. The van der Waals surface area contributed by atoms with Crippen LogP contribution in [-0.2, 0) is 43.7 Å². The maximum Gasteiger partial charge on any atom is 0.307 e.